The zero-order chi connectivity index (χ0) is 17.5. The summed E-state index contributed by atoms with van der Waals surface area (Å²) < 4.78 is 53.1. The number of hydrogen-bond donors (Lipinski definition) is 2. The summed E-state index contributed by atoms with van der Waals surface area (Å²) in [6, 6.07) is 3.54. The molecule has 2 aromatic rings. The molecule has 0 fully saturated rings. The Hall–Kier alpha value is -1.55. The van der Waals surface area contributed by atoms with E-state index in [1.807, 2.05) is 0 Å². The van der Waals surface area contributed by atoms with Gasteiger partial charge >= 0.3 is 12.1 Å². The third-order valence-electron chi connectivity index (χ3n) is 3.05. The molecule has 0 aliphatic rings. The highest BCUT2D eigenvalue weighted by atomic mass is 127. The van der Waals surface area contributed by atoms with Gasteiger partial charge in [-0.3, -0.25) is 0 Å². The Bertz CT molecular complexity index is 808. The second-order valence-electron chi connectivity index (χ2n) is 4.51. The number of hydrogen-bond acceptors (Lipinski definition) is 2. The van der Waals surface area contributed by atoms with Crippen molar-refractivity contribution in [2.24, 2.45) is 0 Å². The van der Waals surface area contributed by atoms with Crippen LogP contribution in [0.2, 0.25) is 5.02 Å². The summed E-state index contributed by atoms with van der Waals surface area (Å²) in [6.45, 7) is 0. The summed E-state index contributed by atoms with van der Waals surface area (Å²) in [5, 5.41) is 8.65. The number of nitrogen functional groups attached to an aromatic ring is 1. The highest BCUT2D eigenvalue weighted by molar-refractivity contribution is 14.1. The molecule has 3 nitrogen and oxygen atoms in total. The van der Waals surface area contributed by atoms with Crippen molar-refractivity contribution in [3.63, 3.8) is 0 Å². The van der Waals surface area contributed by atoms with Gasteiger partial charge in [0.25, 0.3) is 0 Å². The molecule has 2 rings (SSSR count). The van der Waals surface area contributed by atoms with E-state index >= 15 is 0 Å². The Morgan fingerprint density at radius 3 is 2.35 bits per heavy atom. The van der Waals surface area contributed by atoms with Crippen LogP contribution in [0.25, 0.3) is 11.1 Å². The minimum Gasteiger partial charge on any atom is -0.478 e. The third-order valence-corrected chi connectivity index (χ3v) is 4.46. The molecule has 0 aromatic heterocycles. The summed E-state index contributed by atoms with van der Waals surface area (Å²) in [6.07, 6.45) is -4.83. The molecule has 23 heavy (non-hydrogen) atoms. The standard InChI is InChI=1S/C14H7ClF4INO2/c15-8-3-5(1-2-9(8)16)10-7(14(17,18)19)4-6(13(22)23)12(21)11(10)20/h1-4H,21H2,(H,22,23). The SMILES string of the molecule is Nc1c(C(=O)O)cc(C(F)(F)F)c(-c2ccc(F)c(Cl)c2)c1I. The van der Waals surface area contributed by atoms with Crippen LogP contribution in [-0.2, 0) is 6.18 Å². The first-order valence-corrected chi connectivity index (χ1v) is 7.37. The van der Waals surface area contributed by atoms with Gasteiger partial charge in [0.05, 0.1) is 21.8 Å². The lowest BCUT2D eigenvalue weighted by molar-refractivity contribution is -0.137. The molecule has 0 aliphatic heterocycles. The van der Waals surface area contributed by atoms with Crippen LogP contribution in [0, 0.1) is 9.39 Å². The largest absolute Gasteiger partial charge is 0.478 e. The second-order valence-corrected chi connectivity index (χ2v) is 5.99. The molecular weight excluding hydrogens is 453 g/mol. The fourth-order valence-corrected chi connectivity index (χ4v) is 3.07. The number of benzene rings is 2. The Labute approximate surface area is 146 Å². The molecule has 0 atom stereocenters. The molecule has 122 valence electrons. The molecule has 0 bridgehead atoms. The Morgan fingerprint density at radius 1 is 1.26 bits per heavy atom. The molecule has 0 aliphatic carbocycles. The Balaban J connectivity index is 2.88. The van der Waals surface area contributed by atoms with Crippen molar-refractivity contribution in [2.45, 2.75) is 6.18 Å². The van der Waals surface area contributed by atoms with Gasteiger partial charge in [0.1, 0.15) is 5.82 Å². The van der Waals surface area contributed by atoms with Gasteiger partial charge in [-0.25, -0.2) is 9.18 Å². The number of rotatable bonds is 2. The first kappa shape index (κ1) is 17.8. The smallest absolute Gasteiger partial charge is 0.417 e. The third kappa shape index (κ3) is 3.37. The summed E-state index contributed by atoms with van der Waals surface area (Å²) in [5.74, 6) is -2.36. The highest BCUT2D eigenvalue weighted by Gasteiger charge is 2.37. The number of anilines is 1. The van der Waals surface area contributed by atoms with E-state index in [9.17, 15) is 22.4 Å². The topological polar surface area (TPSA) is 63.3 Å². The van der Waals surface area contributed by atoms with Crippen LogP contribution in [0.15, 0.2) is 24.3 Å². The minimum absolute atomic E-state index is 0.0169. The highest BCUT2D eigenvalue weighted by Crippen LogP contribution is 2.43. The minimum atomic E-state index is -4.83. The predicted octanol–water partition coefficient (Wildman–Crippen LogP) is 5.05. The van der Waals surface area contributed by atoms with Crippen molar-refractivity contribution < 1.29 is 27.5 Å². The maximum absolute atomic E-state index is 13.3. The molecule has 2 aromatic carbocycles. The van der Waals surface area contributed by atoms with Crippen molar-refractivity contribution in [3.8, 4) is 11.1 Å². The van der Waals surface area contributed by atoms with E-state index in [0.29, 0.717) is 6.07 Å². The predicted molar refractivity (Wildman–Crippen MR) is 85.9 cm³/mol. The molecule has 0 saturated carbocycles. The normalized spacial score (nSPS) is 11.6. The fraction of sp³-hybridized carbons (Fsp3) is 0.0714. The summed E-state index contributed by atoms with van der Waals surface area (Å²) in [5.41, 5.74) is 3.14. The van der Waals surface area contributed by atoms with Crippen LogP contribution in [-0.4, -0.2) is 11.1 Å². The summed E-state index contributed by atoms with van der Waals surface area (Å²) >= 11 is 7.15. The van der Waals surface area contributed by atoms with Gasteiger partial charge in [-0.1, -0.05) is 17.7 Å². The van der Waals surface area contributed by atoms with Gasteiger partial charge in [0.15, 0.2) is 0 Å². The van der Waals surface area contributed by atoms with Crippen LogP contribution in [0.1, 0.15) is 15.9 Å². The van der Waals surface area contributed by atoms with Crippen LogP contribution in [0.5, 0.6) is 0 Å². The fourth-order valence-electron chi connectivity index (χ4n) is 2.00. The monoisotopic (exact) mass is 459 g/mol. The number of halogens is 6. The van der Waals surface area contributed by atoms with E-state index in [-0.39, 0.29) is 25.4 Å². The van der Waals surface area contributed by atoms with Gasteiger partial charge in [0, 0.05) is 9.13 Å². The summed E-state index contributed by atoms with van der Waals surface area (Å²) in [7, 11) is 0. The van der Waals surface area contributed by atoms with Crippen molar-refractivity contribution >= 4 is 45.8 Å². The van der Waals surface area contributed by atoms with E-state index < -0.39 is 29.1 Å². The van der Waals surface area contributed by atoms with Gasteiger partial charge in [-0.15, -0.1) is 0 Å². The van der Waals surface area contributed by atoms with Gasteiger partial charge < -0.3 is 10.8 Å². The first-order valence-electron chi connectivity index (χ1n) is 5.92. The van der Waals surface area contributed by atoms with Crippen LogP contribution in [0.4, 0.5) is 23.2 Å². The number of alkyl halides is 3. The van der Waals surface area contributed by atoms with Gasteiger partial charge in [-0.05, 0) is 46.4 Å². The van der Waals surface area contributed by atoms with Crippen molar-refractivity contribution in [3.05, 3.63) is 49.8 Å². The molecule has 0 spiro atoms. The summed E-state index contributed by atoms with van der Waals surface area (Å²) in [4.78, 5) is 11.1. The average Bonchev–Trinajstić information content (AvgIpc) is 2.43. The van der Waals surface area contributed by atoms with E-state index in [2.05, 4.69) is 0 Å². The lowest BCUT2D eigenvalue weighted by Crippen LogP contribution is -2.14. The molecule has 0 radical (unpaired) electrons. The lowest BCUT2D eigenvalue weighted by Gasteiger charge is -2.18. The van der Waals surface area contributed by atoms with Gasteiger partial charge in [-0.2, -0.15) is 13.2 Å². The molecule has 9 heteroatoms. The zero-order valence-corrected chi connectivity index (χ0v) is 13.9. The van der Waals surface area contributed by atoms with E-state index in [1.54, 1.807) is 0 Å². The quantitative estimate of drug-likeness (QED) is 0.375. The van der Waals surface area contributed by atoms with Crippen LogP contribution >= 0.6 is 34.2 Å². The molecular formula is C14H7ClF4INO2. The molecule has 0 saturated heterocycles. The van der Waals surface area contributed by atoms with Crippen molar-refractivity contribution in [2.75, 3.05) is 5.73 Å². The van der Waals surface area contributed by atoms with Crippen LogP contribution < -0.4 is 5.73 Å². The lowest BCUT2D eigenvalue weighted by atomic mass is 9.95. The molecule has 0 heterocycles. The molecule has 0 unspecified atom stereocenters. The average molecular weight is 460 g/mol. The number of aromatic carboxylic acids is 1. The van der Waals surface area contributed by atoms with E-state index in [1.165, 1.54) is 22.6 Å². The first-order chi connectivity index (χ1) is 10.5. The second kappa shape index (κ2) is 6.16. The number of carboxylic acid groups (broad SMARTS) is 1. The Morgan fingerprint density at radius 2 is 1.87 bits per heavy atom. The molecule has 0 amide bonds. The van der Waals surface area contributed by atoms with Crippen molar-refractivity contribution in [1.82, 2.24) is 0 Å². The zero-order valence-electron chi connectivity index (χ0n) is 11.0. The number of carboxylic acids is 1. The number of nitrogens with two attached hydrogens (primary N) is 1. The Kier molecular flexibility index (Phi) is 4.76. The van der Waals surface area contributed by atoms with E-state index in [0.717, 1.165) is 18.2 Å². The number of carbonyl (C=O) groups is 1. The maximum Gasteiger partial charge on any atom is 0.417 e. The van der Waals surface area contributed by atoms with Crippen molar-refractivity contribution in [1.29, 1.82) is 0 Å². The van der Waals surface area contributed by atoms with Crippen LogP contribution in [0.3, 0.4) is 0 Å². The van der Waals surface area contributed by atoms with Gasteiger partial charge in [0.2, 0.25) is 0 Å². The van der Waals surface area contributed by atoms with E-state index in [4.69, 9.17) is 22.4 Å². The maximum atomic E-state index is 13.3. The molecule has 3 N–H and O–H groups in total.